The Hall–Kier alpha value is -1.56. The molecule has 3 N–H and O–H groups in total. The summed E-state index contributed by atoms with van der Waals surface area (Å²) in [5.74, 6) is -0.154. The Kier molecular flexibility index (Phi) is 6.68. The van der Waals surface area contributed by atoms with Crippen LogP contribution >= 0.6 is 24.0 Å². The molecule has 1 atom stereocenters. The van der Waals surface area contributed by atoms with Crippen LogP contribution in [0.1, 0.15) is 23.7 Å². The van der Waals surface area contributed by atoms with Crippen LogP contribution in [0.15, 0.2) is 36.7 Å². The molecule has 0 radical (unpaired) electrons. The molecule has 1 unspecified atom stereocenters. The van der Waals surface area contributed by atoms with Gasteiger partial charge in [0.1, 0.15) is 0 Å². The fourth-order valence-electron chi connectivity index (χ4n) is 1.72. The summed E-state index contributed by atoms with van der Waals surface area (Å²) in [5, 5.41) is 7.60. The van der Waals surface area contributed by atoms with Crippen molar-refractivity contribution in [3.05, 3.63) is 47.2 Å². The number of nitrogens with one attached hydrogen (secondary N) is 1. The number of amides is 1. The molecule has 2 aromatic rings. The predicted octanol–water partition coefficient (Wildman–Crippen LogP) is 2.41. The minimum Gasteiger partial charge on any atom is -0.352 e. The van der Waals surface area contributed by atoms with Crippen LogP contribution in [0.25, 0.3) is 5.69 Å². The highest BCUT2D eigenvalue weighted by molar-refractivity contribution is 6.30. The summed E-state index contributed by atoms with van der Waals surface area (Å²) in [6.45, 7) is 2.46. The molecule has 0 bridgehead atoms. The predicted molar refractivity (Wildman–Crippen MR) is 86.4 cm³/mol. The van der Waals surface area contributed by atoms with E-state index in [4.69, 9.17) is 17.3 Å². The van der Waals surface area contributed by atoms with Gasteiger partial charge in [-0.15, -0.1) is 12.4 Å². The van der Waals surface area contributed by atoms with Crippen molar-refractivity contribution in [1.82, 2.24) is 15.1 Å². The van der Waals surface area contributed by atoms with E-state index in [0.717, 1.165) is 12.1 Å². The van der Waals surface area contributed by atoms with Gasteiger partial charge in [0.15, 0.2) is 0 Å². The molecule has 0 saturated carbocycles. The van der Waals surface area contributed by atoms with Crippen molar-refractivity contribution in [2.24, 2.45) is 5.73 Å². The normalized spacial score (nSPS) is 11.6. The van der Waals surface area contributed by atoms with Gasteiger partial charge in [0, 0.05) is 23.8 Å². The number of hydrogen-bond donors (Lipinski definition) is 2. The molecule has 2 rings (SSSR count). The van der Waals surface area contributed by atoms with Crippen LogP contribution in [0.2, 0.25) is 5.02 Å². The van der Waals surface area contributed by atoms with Crippen LogP contribution in [0, 0.1) is 0 Å². The van der Waals surface area contributed by atoms with Gasteiger partial charge in [-0.2, -0.15) is 5.10 Å². The Bertz CT molecular complexity index is 598. The fraction of sp³-hybridized carbons (Fsp3) is 0.286. The summed E-state index contributed by atoms with van der Waals surface area (Å²) in [7, 11) is 0. The second kappa shape index (κ2) is 8.02. The van der Waals surface area contributed by atoms with E-state index in [9.17, 15) is 4.79 Å². The van der Waals surface area contributed by atoms with Crippen molar-refractivity contribution in [3.63, 3.8) is 0 Å². The van der Waals surface area contributed by atoms with Crippen LogP contribution in [-0.4, -0.2) is 28.3 Å². The van der Waals surface area contributed by atoms with E-state index in [1.807, 2.05) is 19.1 Å². The van der Waals surface area contributed by atoms with E-state index in [2.05, 4.69) is 10.4 Å². The molecular formula is C14H18Cl2N4O. The van der Waals surface area contributed by atoms with Crippen molar-refractivity contribution in [3.8, 4) is 5.69 Å². The first-order valence-corrected chi connectivity index (χ1v) is 6.78. The molecule has 1 heterocycles. The number of aromatic nitrogens is 2. The zero-order chi connectivity index (χ0) is 14.5. The third-order valence-electron chi connectivity index (χ3n) is 2.80. The second-order valence-electron chi connectivity index (χ2n) is 4.68. The van der Waals surface area contributed by atoms with E-state index < -0.39 is 0 Å². The lowest BCUT2D eigenvalue weighted by Gasteiger charge is -2.05. The highest BCUT2D eigenvalue weighted by Gasteiger charge is 2.09. The number of nitrogens with zero attached hydrogens (tertiary/aromatic N) is 2. The molecule has 21 heavy (non-hydrogen) atoms. The lowest BCUT2D eigenvalue weighted by molar-refractivity contribution is 0.0953. The zero-order valence-electron chi connectivity index (χ0n) is 11.6. The molecule has 5 nitrogen and oxygen atoms in total. The number of halogens is 2. The zero-order valence-corrected chi connectivity index (χ0v) is 13.2. The number of hydrogen-bond acceptors (Lipinski definition) is 3. The number of carbonyl (C=O) groups excluding carboxylic acids is 1. The monoisotopic (exact) mass is 328 g/mol. The molecule has 1 aromatic heterocycles. The topological polar surface area (TPSA) is 72.9 Å². The first-order valence-electron chi connectivity index (χ1n) is 6.40. The van der Waals surface area contributed by atoms with Gasteiger partial charge in [0.2, 0.25) is 0 Å². The molecule has 1 aromatic carbocycles. The highest BCUT2D eigenvalue weighted by Crippen LogP contribution is 2.14. The Morgan fingerprint density at radius 1 is 1.52 bits per heavy atom. The fourth-order valence-corrected chi connectivity index (χ4v) is 1.90. The van der Waals surface area contributed by atoms with Crippen molar-refractivity contribution >= 4 is 29.9 Å². The molecular weight excluding hydrogens is 311 g/mol. The minimum atomic E-state index is -0.154. The second-order valence-corrected chi connectivity index (χ2v) is 5.11. The maximum absolute atomic E-state index is 11.9. The smallest absolute Gasteiger partial charge is 0.254 e. The summed E-state index contributed by atoms with van der Waals surface area (Å²) in [4.78, 5) is 11.9. The minimum absolute atomic E-state index is 0. The standard InChI is InChI=1S/C14H17ClN4O.ClH/c1-10(16)5-6-17-14(20)11-8-18-19(9-11)13-4-2-3-12(15)7-13;/h2-4,7-10H,5-6,16H2,1H3,(H,17,20);1H. The van der Waals surface area contributed by atoms with Gasteiger partial charge in [-0.05, 0) is 31.5 Å². The molecule has 7 heteroatoms. The first kappa shape index (κ1) is 17.5. The Morgan fingerprint density at radius 2 is 2.29 bits per heavy atom. The summed E-state index contributed by atoms with van der Waals surface area (Å²) in [6, 6.07) is 7.35. The molecule has 0 saturated heterocycles. The van der Waals surface area contributed by atoms with Crippen LogP contribution in [0.3, 0.4) is 0 Å². The Labute approximate surface area is 134 Å². The van der Waals surface area contributed by atoms with E-state index in [0.29, 0.717) is 17.1 Å². The lowest BCUT2D eigenvalue weighted by atomic mass is 10.2. The maximum Gasteiger partial charge on any atom is 0.254 e. The van der Waals surface area contributed by atoms with Gasteiger partial charge in [-0.3, -0.25) is 4.79 Å². The van der Waals surface area contributed by atoms with Crippen LogP contribution in [0.4, 0.5) is 0 Å². The van der Waals surface area contributed by atoms with Gasteiger partial charge in [-0.1, -0.05) is 17.7 Å². The highest BCUT2D eigenvalue weighted by atomic mass is 35.5. The van der Waals surface area contributed by atoms with Crippen molar-refractivity contribution in [2.45, 2.75) is 19.4 Å². The van der Waals surface area contributed by atoms with Crippen LogP contribution < -0.4 is 11.1 Å². The van der Waals surface area contributed by atoms with E-state index >= 15 is 0 Å². The van der Waals surface area contributed by atoms with Gasteiger partial charge >= 0.3 is 0 Å². The van der Waals surface area contributed by atoms with Gasteiger partial charge in [0.05, 0.1) is 17.4 Å². The van der Waals surface area contributed by atoms with Gasteiger partial charge in [0.25, 0.3) is 5.91 Å². The van der Waals surface area contributed by atoms with Gasteiger partial charge in [-0.25, -0.2) is 4.68 Å². The number of carbonyl (C=O) groups is 1. The SMILES string of the molecule is CC(N)CCNC(=O)c1cnn(-c2cccc(Cl)c2)c1.Cl. The number of benzene rings is 1. The van der Waals surface area contributed by atoms with E-state index in [-0.39, 0.29) is 24.4 Å². The first-order chi connectivity index (χ1) is 9.56. The van der Waals surface area contributed by atoms with Crippen LogP contribution in [-0.2, 0) is 0 Å². The molecule has 0 fully saturated rings. The molecule has 0 aliphatic rings. The summed E-state index contributed by atoms with van der Waals surface area (Å²) < 4.78 is 1.62. The quantitative estimate of drug-likeness (QED) is 0.885. The number of nitrogens with two attached hydrogens (primary N) is 1. The summed E-state index contributed by atoms with van der Waals surface area (Å²) in [5.41, 5.74) is 6.95. The maximum atomic E-state index is 11.9. The third kappa shape index (κ3) is 5.04. The Balaban J connectivity index is 0.00000220. The van der Waals surface area contributed by atoms with Crippen molar-refractivity contribution in [2.75, 3.05) is 6.54 Å². The Morgan fingerprint density at radius 3 is 2.95 bits per heavy atom. The number of rotatable bonds is 5. The average Bonchev–Trinajstić information content (AvgIpc) is 2.87. The summed E-state index contributed by atoms with van der Waals surface area (Å²) >= 11 is 5.93. The lowest BCUT2D eigenvalue weighted by Crippen LogP contribution is -2.28. The summed E-state index contributed by atoms with van der Waals surface area (Å²) in [6.07, 6.45) is 3.95. The van der Waals surface area contributed by atoms with Crippen LogP contribution in [0.5, 0.6) is 0 Å². The molecule has 0 spiro atoms. The van der Waals surface area contributed by atoms with Gasteiger partial charge < -0.3 is 11.1 Å². The molecule has 0 aliphatic carbocycles. The molecule has 0 aliphatic heterocycles. The largest absolute Gasteiger partial charge is 0.352 e. The van der Waals surface area contributed by atoms with E-state index in [1.165, 1.54) is 6.20 Å². The van der Waals surface area contributed by atoms with Crippen molar-refractivity contribution in [1.29, 1.82) is 0 Å². The average molecular weight is 329 g/mol. The molecule has 114 valence electrons. The molecule has 1 amide bonds. The third-order valence-corrected chi connectivity index (χ3v) is 3.04. The van der Waals surface area contributed by atoms with Crippen molar-refractivity contribution < 1.29 is 4.79 Å². The van der Waals surface area contributed by atoms with E-state index in [1.54, 1.807) is 23.0 Å².